The maximum absolute atomic E-state index is 11.8. The number of benzene rings is 1. The molecule has 1 amide bonds. The maximum Gasteiger partial charge on any atom is 0.223 e. The highest BCUT2D eigenvalue weighted by atomic mass is 35.5. The lowest BCUT2D eigenvalue weighted by Gasteiger charge is -2.16. The van der Waals surface area contributed by atoms with Gasteiger partial charge in [0.2, 0.25) is 5.91 Å². The van der Waals surface area contributed by atoms with Crippen LogP contribution in [0, 0.1) is 5.92 Å². The molecule has 0 aromatic heterocycles. The molecule has 0 heterocycles. The minimum absolute atomic E-state index is 0.0693. The molecule has 3 nitrogen and oxygen atoms in total. The van der Waals surface area contributed by atoms with Gasteiger partial charge in [-0.3, -0.25) is 4.79 Å². The zero-order valence-electron chi connectivity index (χ0n) is 10.4. The molecular formula is C13H17Cl2NO2. The fourth-order valence-electron chi connectivity index (χ4n) is 1.54. The molecule has 18 heavy (non-hydrogen) atoms. The second-order valence-electron chi connectivity index (χ2n) is 4.43. The third-order valence-electron chi connectivity index (χ3n) is 2.65. The Morgan fingerprint density at radius 3 is 2.61 bits per heavy atom. The normalized spacial score (nSPS) is 14.1. The average molecular weight is 290 g/mol. The Kier molecular flexibility index (Phi) is 5.93. The number of hydrogen-bond donors (Lipinski definition) is 2. The van der Waals surface area contributed by atoms with Crippen LogP contribution in [-0.4, -0.2) is 23.7 Å². The van der Waals surface area contributed by atoms with E-state index in [9.17, 15) is 4.79 Å². The SMILES string of the molecule is CC(CO)NC(=O)C(C)Cc1ccc(Cl)cc1Cl. The van der Waals surface area contributed by atoms with E-state index < -0.39 is 0 Å². The van der Waals surface area contributed by atoms with E-state index in [0.29, 0.717) is 16.5 Å². The first kappa shape index (κ1) is 15.3. The molecule has 0 aliphatic heterocycles. The van der Waals surface area contributed by atoms with E-state index in [4.69, 9.17) is 28.3 Å². The van der Waals surface area contributed by atoms with Gasteiger partial charge in [-0.1, -0.05) is 36.2 Å². The Morgan fingerprint density at radius 1 is 1.39 bits per heavy atom. The van der Waals surface area contributed by atoms with Crippen LogP contribution in [0.25, 0.3) is 0 Å². The third kappa shape index (κ3) is 4.48. The van der Waals surface area contributed by atoms with Crippen molar-refractivity contribution in [2.24, 2.45) is 5.92 Å². The maximum atomic E-state index is 11.8. The second kappa shape index (κ2) is 6.98. The number of hydrogen-bond acceptors (Lipinski definition) is 2. The van der Waals surface area contributed by atoms with E-state index in [1.807, 2.05) is 13.0 Å². The standard InChI is InChI=1S/C13H17Cl2NO2/c1-8(13(18)16-9(2)7-17)5-10-3-4-11(14)6-12(10)15/h3-4,6,8-9,17H,5,7H2,1-2H3,(H,16,18). The lowest BCUT2D eigenvalue weighted by Crippen LogP contribution is -2.38. The molecule has 0 radical (unpaired) electrons. The molecule has 1 aromatic rings. The molecule has 5 heteroatoms. The molecule has 0 spiro atoms. The van der Waals surface area contributed by atoms with Crippen molar-refractivity contribution >= 4 is 29.1 Å². The van der Waals surface area contributed by atoms with Crippen LogP contribution in [0.15, 0.2) is 18.2 Å². The highest BCUT2D eigenvalue weighted by molar-refractivity contribution is 6.35. The van der Waals surface area contributed by atoms with Gasteiger partial charge in [-0.2, -0.15) is 0 Å². The summed E-state index contributed by atoms with van der Waals surface area (Å²) in [7, 11) is 0. The van der Waals surface area contributed by atoms with Gasteiger partial charge >= 0.3 is 0 Å². The van der Waals surface area contributed by atoms with E-state index in [1.165, 1.54) is 0 Å². The first-order valence-electron chi connectivity index (χ1n) is 5.79. The Bertz CT molecular complexity index is 423. The molecule has 0 bridgehead atoms. The Morgan fingerprint density at radius 2 is 2.06 bits per heavy atom. The largest absolute Gasteiger partial charge is 0.394 e. The van der Waals surface area contributed by atoms with Crippen LogP contribution in [0.4, 0.5) is 0 Å². The average Bonchev–Trinajstić information content (AvgIpc) is 2.32. The summed E-state index contributed by atoms with van der Waals surface area (Å²) >= 11 is 11.9. The van der Waals surface area contributed by atoms with Crippen molar-refractivity contribution < 1.29 is 9.90 Å². The number of rotatable bonds is 5. The number of amides is 1. The van der Waals surface area contributed by atoms with Crippen LogP contribution in [0.5, 0.6) is 0 Å². The van der Waals surface area contributed by atoms with Gasteiger partial charge in [-0.25, -0.2) is 0 Å². The first-order chi connectivity index (χ1) is 8.43. The van der Waals surface area contributed by atoms with Gasteiger partial charge in [0.25, 0.3) is 0 Å². The molecule has 0 saturated carbocycles. The number of aliphatic hydroxyl groups excluding tert-OH is 1. The van der Waals surface area contributed by atoms with Crippen molar-refractivity contribution in [1.82, 2.24) is 5.32 Å². The van der Waals surface area contributed by atoms with Crippen LogP contribution < -0.4 is 5.32 Å². The highest BCUT2D eigenvalue weighted by Gasteiger charge is 2.16. The first-order valence-corrected chi connectivity index (χ1v) is 6.54. The molecule has 0 fully saturated rings. The Balaban J connectivity index is 2.63. The van der Waals surface area contributed by atoms with Crippen molar-refractivity contribution in [2.45, 2.75) is 26.3 Å². The smallest absolute Gasteiger partial charge is 0.223 e. The van der Waals surface area contributed by atoms with Crippen LogP contribution in [0.2, 0.25) is 10.0 Å². The summed E-state index contributed by atoms with van der Waals surface area (Å²) in [6.07, 6.45) is 0.542. The van der Waals surface area contributed by atoms with Gasteiger partial charge in [0.05, 0.1) is 6.61 Å². The van der Waals surface area contributed by atoms with Crippen molar-refractivity contribution in [2.75, 3.05) is 6.61 Å². The van der Waals surface area contributed by atoms with Gasteiger partial charge in [-0.15, -0.1) is 0 Å². The molecule has 0 aliphatic carbocycles. The summed E-state index contributed by atoms with van der Waals surface area (Å²) in [5.74, 6) is -0.305. The van der Waals surface area contributed by atoms with Gasteiger partial charge in [0, 0.05) is 22.0 Å². The van der Waals surface area contributed by atoms with Gasteiger partial charge in [0.15, 0.2) is 0 Å². The summed E-state index contributed by atoms with van der Waals surface area (Å²) in [6, 6.07) is 5.01. The zero-order chi connectivity index (χ0) is 13.7. The summed E-state index contributed by atoms with van der Waals surface area (Å²) in [6.45, 7) is 3.50. The number of carbonyl (C=O) groups is 1. The zero-order valence-corrected chi connectivity index (χ0v) is 11.9. The lowest BCUT2D eigenvalue weighted by molar-refractivity contribution is -0.125. The lowest BCUT2D eigenvalue weighted by atomic mass is 10.00. The van der Waals surface area contributed by atoms with E-state index in [-0.39, 0.29) is 24.5 Å². The van der Waals surface area contributed by atoms with Crippen LogP contribution >= 0.6 is 23.2 Å². The topological polar surface area (TPSA) is 49.3 Å². The highest BCUT2D eigenvalue weighted by Crippen LogP contribution is 2.23. The molecule has 2 atom stereocenters. The summed E-state index contributed by atoms with van der Waals surface area (Å²) < 4.78 is 0. The monoisotopic (exact) mass is 289 g/mol. The minimum atomic E-state index is -0.236. The predicted octanol–water partition coefficient (Wildman–Crippen LogP) is 2.67. The number of aliphatic hydroxyl groups is 1. The van der Waals surface area contributed by atoms with E-state index >= 15 is 0 Å². The van der Waals surface area contributed by atoms with Crippen LogP contribution in [-0.2, 0) is 11.2 Å². The fourth-order valence-corrected chi connectivity index (χ4v) is 2.03. The Hall–Kier alpha value is -0.770. The third-order valence-corrected chi connectivity index (χ3v) is 3.24. The van der Waals surface area contributed by atoms with Crippen molar-refractivity contribution in [3.05, 3.63) is 33.8 Å². The van der Waals surface area contributed by atoms with Gasteiger partial charge < -0.3 is 10.4 Å². The quantitative estimate of drug-likeness (QED) is 0.876. The molecule has 1 rings (SSSR count). The molecule has 2 unspecified atom stereocenters. The Labute approximate surface area is 117 Å². The molecule has 100 valence electrons. The van der Waals surface area contributed by atoms with E-state index in [1.54, 1.807) is 19.1 Å². The fraction of sp³-hybridized carbons (Fsp3) is 0.462. The molecule has 0 aliphatic rings. The van der Waals surface area contributed by atoms with Gasteiger partial charge in [0.1, 0.15) is 0 Å². The molecule has 2 N–H and O–H groups in total. The molecular weight excluding hydrogens is 273 g/mol. The van der Waals surface area contributed by atoms with Crippen molar-refractivity contribution in [3.8, 4) is 0 Å². The summed E-state index contributed by atoms with van der Waals surface area (Å²) in [5.41, 5.74) is 0.889. The van der Waals surface area contributed by atoms with E-state index in [2.05, 4.69) is 5.32 Å². The molecule has 1 aromatic carbocycles. The summed E-state index contributed by atoms with van der Waals surface area (Å²) in [5, 5.41) is 12.7. The number of nitrogens with one attached hydrogen (secondary N) is 1. The number of halogens is 2. The van der Waals surface area contributed by atoms with Crippen molar-refractivity contribution in [3.63, 3.8) is 0 Å². The van der Waals surface area contributed by atoms with Crippen LogP contribution in [0.3, 0.4) is 0 Å². The molecule has 0 saturated heterocycles. The van der Waals surface area contributed by atoms with E-state index in [0.717, 1.165) is 5.56 Å². The predicted molar refractivity (Wildman–Crippen MR) is 74.0 cm³/mol. The second-order valence-corrected chi connectivity index (χ2v) is 5.28. The van der Waals surface area contributed by atoms with Gasteiger partial charge in [-0.05, 0) is 31.0 Å². The van der Waals surface area contributed by atoms with Crippen molar-refractivity contribution in [1.29, 1.82) is 0 Å². The summed E-state index contributed by atoms with van der Waals surface area (Å²) in [4.78, 5) is 11.8. The minimum Gasteiger partial charge on any atom is -0.394 e. The number of carbonyl (C=O) groups excluding carboxylic acids is 1. The van der Waals surface area contributed by atoms with Crippen LogP contribution in [0.1, 0.15) is 19.4 Å².